The van der Waals surface area contributed by atoms with Crippen molar-refractivity contribution in [1.82, 2.24) is 9.80 Å². The summed E-state index contributed by atoms with van der Waals surface area (Å²) in [6.07, 6.45) is 0. The van der Waals surface area contributed by atoms with Gasteiger partial charge in [-0.2, -0.15) is 0 Å². The predicted molar refractivity (Wildman–Crippen MR) is 79.2 cm³/mol. The summed E-state index contributed by atoms with van der Waals surface area (Å²) in [7, 11) is 3.25. The topological polar surface area (TPSA) is 68.0 Å². The fourth-order valence-electron chi connectivity index (χ4n) is 1.90. The molecule has 2 N–H and O–H groups in total. The molecular formula is C11H25Cl2N3O3. The maximum atomic E-state index is 11.9. The van der Waals surface area contributed by atoms with Crippen molar-refractivity contribution < 1.29 is 14.3 Å². The van der Waals surface area contributed by atoms with Crippen molar-refractivity contribution in [2.24, 2.45) is 5.73 Å². The van der Waals surface area contributed by atoms with Gasteiger partial charge in [0.1, 0.15) is 6.04 Å². The lowest BCUT2D eigenvalue weighted by atomic mass is 10.2. The molecule has 1 unspecified atom stereocenters. The van der Waals surface area contributed by atoms with Crippen molar-refractivity contribution in [3.8, 4) is 0 Å². The van der Waals surface area contributed by atoms with Gasteiger partial charge < -0.3 is 20.1 Å². The van der Waals surface area contributed by atoms with Crippen LogP contribution in [0.4, 0.5) is 0 Å². The number of hydrogen-bond donors (Lipinski definition) is 1. The minimum Gasteiger partial charge on any atom is -0.383 e. The second-order valence-corrected chi connectivity index (χ2v) is 4.22. The van der Waals surface area contributed by atoms with Gasteiger partial charge in [0.25, 0.3) is 0 Å². The zero-order valence-electron chi connectivity index (χ0n) is 11.5. The molecule has 0 aromatic heterocycles. The third kappa shape index (κ3) is 7.29. The minimum atomic E-state index is -0.537. The third-order valence-corrected chi connectivity index (χ3v) is 2.96. The average Bonchev–Trinajstić information content (AvgIpc) is 2.36. The number of rotatable bonds is 6. The van der Waals surface area contributed by atoms with Gasteiger partial charge in [-0.3, -0.25) is 9.69 Å². The van der Waals surface area contributed by atoms with Crippen molar-refractivity contribution in [3.63, 3.8) is 0 Å². The summed E-state index contributed by atoms with van der Waals surface area (Å²) >= 11 is 0. The van der Waals surface area contributed by atoms with E-state index in [0.29, 0.717) is 0 Å². The van der Waals surface area contributed by atoms with Crippen molar-refractivity contribution in [2.75, 3.05) is 60.2 Å². The van der Waals surface area contributed by atoms with E-state index in [1.54, 1.807) is 14.2 Å². The maximum absolute atomic E-state index is 11.9. The number of hydrogen-bond acceptors (Lipinski definition) is 5. The highest BCUT2D eigenvalue weighted by Gasteiger charge is 2.24. The van der Waals surface area contributed by atoms with E-state index in [9.17, 15) is 4.79 Å². The SMILES string of the molecule is COCCN1CCN(C(=O)C(N)COC)CC1.Cl.Cl. The summed E-state index contributed by atoms with van der Waals surface area (Å²) in [5.41, 5.74) is 5.72. The zero-order chi connectivity index (χ0) is 12.7. The first-order valence-electron chi connectivity index (χ1n) is 5.93. The van der Waals surface area contributed by atoms with E-state index in [4.69, 9.17) is 15.2 Å². The standard InChI is InChI=1S/C11H23N3O3.2ClH/c1-16-8-7-13-3-5-14(6-4-13)11(15)10(12)9-17-2;;/h10H,3-9,12H2,1-2H3;2*1H. The highest BCUT2D eigenvalue weighted by molar-refractivity contribution is 5.85. The van der Waals surface area contributed by atoms with Crippen LogP contribution in [0.15, 0.2) is 0 Å². The Balaban J connectivity index is 0. The molecule has 8 heteroatoms. The molecule has 1 fully saturated rings. The lowest BCUT2D eigenvalue weighted by Crippen LogP contribution is -2.54. The summed E-state index contributed by atoms with van der Waals surface area (Å²) in [5, 5.41) is 0. The van der Waals surface area contributed by atoms with E-state index in [1.165, 1.54) is 0 Å². The molecule has 1 aliphatic heterocycles. The number of methoxy groups -OCH3 is 2. The van der Waals surface area contributed by atoms with Crippen LogP contribution in [0.25, 0.3) is 0 Å². The maximum Gasteiger partial charge on any atom is 0.241 e. The van der Waals surface area contributed by atoms with Crippen LogP contribution in [-0.4, -0.2) is 81.9 Å². The summed E-state index contributed by atoms with van der Waals surface area (Å²) in [6, 6.07) is -0.537. The van der Waals surface area contributed by atoms with Gasteiger partial charge in [-0.25, -0.2) is 0 Å². The first-order chi connectivity index (χ1) is 8.19. The highest BCUT2D eigenvalue weighted by Crippen LogP contribution is 2.03. The molecule has 0 aliphatic carbocycles. The number of carbonyl (C=O) groups excluding carboxylic acids is 1. The fourth-order valence-corrected chi connectivity index (χ4v) is 1.90. The number of nitrogens with two attached hydrogens (primary N) is 1. The Morgan fingerprint density at radius 3 is 2.21 bits per heavy atom. The van der Waals surface area contributed by atoms with Crippen LogP contribution < -0.4 is 5.73 Å². The van der Waals surface area contributed by atoms with E-state index < -0.39 is 6.04 Å². The minimum absolute atomic E-state index is 0. The molecule has 0 spiro atoms. The molecule has 6 nitrogen and oxygen atoms in total. The molecule has 1 heterocycles. The molecule has 116 valence electrons. The molecule has 1 rings (SSSR count). The summed E-state index contributed by atoms with van der Waals surface area (Å²) in [5.74, 6) is -0.0155. The normalized spacial score (nSPS) is 17.3. The number of carbonyl (C=O) groups is 1. The number of halogens is 2. The van der Waals surface area contributed by atoms with E-state index in [1.807, 2.05) is 4.90 Å². The Kier molecular flexibility index (Phi) is 13.0. The Labute approximate surface area is 127 Å². The van der Waals surface area contributed by atoms with Gasteiger partial charge in [0.2, 0.25) is 5.91 Å². The van der Waals surface area contributed by atoms with Gasteiger partial charge in [-0.05, 0) is 0 Å². The van der Waals surface area contributed by atoms with Crippen LogP contribution >= 0.6 is 24.8 Å². The molecule has 1 saturated heterocycles. The van der Waals surface area contributed by atoms with Crippen LogP contribution in [0.2, 0.25) is 0 Å². The van der Waals surface area contributed by atoms with Gasteiger partial charge >= 0.3 is 0 Å². The summed E-state index contributed by atoms with van der Waals surface area (Å²) < 4.78 is 9.92. The molecule has 1 amide bonds. The van der Waals surface area contributed by atoms with Crippen LogP contribution in [0.1, 0.15) is 0 Å². The second-order valence-electron chi connectivity index (χ2n) is 4.22. The van der Waals surface area contributed by atoms with Crippen molar-refractivity contribution in [2.45, 2.75) is 6.04 Å². The van der Waals surface area contributed by atoms with Crippen molar-refractivity contribution in [1.29, 1.82) is 0 Å². The second kappa shape index (κ2) is 11.7. The first-order valence-corrected chi connectivity index (χ1v) is 5.93. The average molecular weight is 318 g/mol. The van der Waals surface area contributed by atoms with E-state index in [2.05, 4.69) is 4.90 Å². The fraction of sp³-hybridized carbons (Fsp3) is 0.909. The zero-order valence-corrected chi connectivity index (χ0v) is 13.2. The number of amides is 1. The molecule has 0 radical (unpaired) electrons. The number of piperazine rings is 1. The molecule has 0 aromatic carbocycles. The Morgan fingerprint density at radius 2 is 1.74 bits per heavy atom. The van der Waals surface area contributed by atoms with Gasteiger partial charge in [0.05, 0.1) is 13.2 Å². The number of ether oxygens (including phenoxy) is 2. The number of nitrogens with zero attached hydrogens (tertiary/aromatic N) is 2. The third-order valence-electron chi connectivity index (χ3n) is 2.96. The summed E-state index contributed by atoms with van der Waals surface area (Å²) in [4.78, 5) is 16.0. The molecule has 1 atom stereocenters. The first kappa shape index (κ1) is 21.2. The van der Waals surface area contributed by atoms with Gasteiger partial charge in [-0.15, -0.1) is 24.8 Å². The van der Waals surface area contributed by atoms with Crippen LogP contribution in [0, 0.1) is 0 Å². The van der Waals surface area contributed by atoms with Crippen molar-refractivity contribution >= 4 is 30.7 Å². The molecule has 0 aromatic rings. The highest BCUT2D eigenvalue weighted by atomic mass is 35.5. The van der Waals surface area contributed by atoms with E-state index in [0.717, 1.165) is 39.3 Å². The molecule has 0 bridgehead atoms. The van der Waals surface area contributed by atoms with Gasteiger partial charge in [-0.1, -0.05) is 0 Å². The Bertz CT molecular complexity index is 239. The molecule has 0 saturated carbocycles. The lowest BCUT2D eigenvalue weighted by molar-refractivity contribution is -0.135. The largest absolute Gasteiger partial charge is 0.383 e. The van der Waals surface area contributed by atoms with Gasteiger partial charge in [0.15, 0.2) is 0 Å². The monoisotopic (exact) mass is 317 g/mol. The Hall–Kier alpha value is -0.110. The smallest absolute Gasteiger partial charge is 0.241 e. The van der Waals surface area contributed by atoms with E-state index in [-0.39, 0.29) is 37.3 Å². The summed E-state index contributed by atoms with van der Waals surface area (Å²) in [6.45, 7) is 5.17. The molecule has 19 heavy (non-hydrogen) atoms. The quantitative estimate of drug-likeness (QED) is 0.721. The predicted octanol–water partition coefficient (Wildman–Crippen LogP) is -0.406. The van der Waals surface area contributed by atoms with Gasteiger partial charge in [0, 0.05) is 46.9 Å². The van der Waals surface area contributed by atoms with Crippen LogP contribution in [-0.2, 0) is 14.3 Å². The Morgan fingerprint density at radius 1 is 1.16 bits per heavy atom. The lowest BCUT2D eigenvalue weighted by Gasteiger charge is -2.35. The van der Waals surface area contributed by atoms with Crippen molar-refractivity contribution in [3.05, 3.63) is 0 Å². The van der Waals surface area contributed by atoms with Crippen LogP contribution in [0.3, 0.4) is 0 Å². The van der Waals surface area contributed by atoms with Crippen LogP contribution in [0.5, 0.6) is 0 Å². The van der Waals surface area contributed by atoms with E-state index >= 15 is 0 Å². The molecule has 1 aliphatic rings. The molecular weight excluding hydrogens is 293 g/mol.